The summed E-state index contributed by atoms with van der Waals surface area (Å²) in [7, 11) is 1.55. The van der Waals surface area contributed by atoms with E-state index in [9.17, 15) is 4.79 Å². The SMILES string of the molecule is COc1ncc(C2=NCc3cc4c(cc32)CN(Cc2cccc(C)c2)C(=O)C4)cn1. The molecule has 6 nitrogen and oxygen atoms in total. The first kappa shape index (κ1) is 18.5. The van der Waals surface area contributed by atoms with E-state index in [0.29, 0.717) is 32.1 Å². The zero-order valence-electron chi connectivity index (χ0n) is 17.1. The van der Waals surface area contributed by atoms with Gasteiger partial charge >= 0.3 is 6.01 Å². The molecule has 30 heavy (non-hydrogen) atoms. The molecule has 2 aliphatic rings. The van der Waals surface area contributed by atoms with Crippen LogP contribution in [-0.4, -0.2) is 33.6 Å². The van der Waals surface area contributed by atoms with Crippen LogP contribution >= 0.6 is 0 Å². The van der Waals surface area contributed by atoms with Crippen LogP contribution in [0.3, 0.4) is 0 Å². The number of amides is 1. The van der Waals surface area contributed by atoms with E-state index in [1.54, 1.807) is 19.5 Å². The van der Waals surface area contributed by atoms with Crippen molar-refractivity contribution < 1.29 is 9.53 Å². The van der Waals surface area contributed by atoms with Crippen molar-refractivity contribution >= 4 is 11.6 Å². The van der Waals surface area contributed by atoms with Gasteiger partial charge in [-0.2, -0.15) is 0 Å². The molecule has 0 unspecified atom stereocenters. The van der Waals surface area contributed by atoms with Crippen LogP contribution in [0.2, 0.25) is 0 Å². The van der Waals surface area contributed by atoms with Crippen molar-refractivity contribution in [1.82, 2.24) is 14.9 Å². The van der Waals surface area contributed by atoms with Gasteiger partial charge in [-0.3, -0.25) is 9.79 Å². The van der Waals surface area contributed by atoms with Gasteiger partial charge < -0.3 is 9.64 Å². The number of ether oxygens (including phenoxy) is 1. The zero-order chi connectivity index (χ0) is 20.7. The Bertz CT molecular complexity index is 1170. The number of hydrogen-bond donors (Lipinski definition) is 0. The summed E-state index contributed by atoms with van der Waals surface area (Å²) in [4.78, 5) is 27.8. The van der Waals surface area contributed by atoms with Crippen LogP contribution in [0, 0.1) is 6.92 Å². The maximum Gasteiger partial charge on any atom is 0.316 e. The first-order valence-electron chi connectivity index (χ1n) is 10.00. The fourth-order valence-electron chi connectivity index (χ4n) is 4.19. The van der Waals surface area contributed by atoms with Gasteiger partial charge in [0, 0.05) is 36.6 Å². The molecule has 0 radical (unpaired) electrons. The second-order valence-corrected chi connectivity index (χ2v) is 7.82. The first-order chi connectivity index (χ1) is 14.6. The number of aromatic nitrogens is 2. The molecule has 0 N–H and O–H groups in total. The highest BCUT2D eigenvalue weighted by Gasteiger charge is 2.27. The Morgan fingerprint density at radius 2 is 1.90 bits per heavy atom. The monoisotopic (exact) mass is 398 g/mol. The number of rotatable bonds is 4. The standard InChI is InChI=1S/C24H22N4O2/c1-15-4-3-5-16(6-15)13-28-14-19-8-21-18(7-17(19)9-22(28)29)10-25-23(21)20-11-26-24(30-2)27-12-20/h3-8,11-12H,9-10,13-14H2,1-2H3. The summed E-state index contributed by atoms with van der Waals surface area (Å²) in [5.41, 5.74) is 8.69. The van der Waals surface area contributed by atoms with E-state index in [0.717, 1.165) is 33.5 Å². The van der Waals surface area contributed by atoms with Crippen molar-refractivity contribution in [3.8, 4) is 6.01 Å². The number of carbonyl (C=O) groups is 1. The van der Waals surface area contributed by atoms with Crippen molar-refractivity contribution in [1.29, 1.82) is 0 Å². The molecule has 2 aliphatic heterocycles. The molecule has 0 saturated heterocycles. The van der Waals surface area contributed by atoms with Crippen LogP contribution in [0.1, 0.15) is 38.9 Å². The second-order valence-electron chi connectivity index (χ2n) is 7.82. The Balaban J connectivity index is 1.43. The van der Waals surface area contributed by atoms with Gasteiger partial charge in [-0.05, 0) is 35.2 Å². The number of nitrogens with zero attached hydrogens (tertiary/aromatic N) is 4. The zero-order valence-corrected chi connectivity index (χ0v) is 17.1. The van der Waals surface area contributed by atoms with Crippen LogP contribution in [0.15, 0.2) is 53.8 Å². The minimum Gasteiger partial charge on any atom is -0.467 e. The molecule has 1 aromatic heterocycles. The largest absolute Gasteiger partial charge is 0.467 e. The van der Waals surface area contributed by atoms with Gasteiger partial charge in [0.15, 0.2) is 0 Å². The third-order valence-corrected chi connectivity index (χ3v) is 5.68. The predicted octanol–water partition coefficient (Wildman–Crippen LogP) is 3.23. The van der Waals surface area contributed by atoms with Crippen molar-refractivity contribution in [2.75, 3.05) is 7.11 Å². The van der Waals surface area contributed by atoms with Gasteiger partial charge in [0.2, 0.25) is 5.91 Å². The lowest BCUT2D eigenvalue weighted by atomic mass is 9.91. The van der Waals surface area contributed by atoms with E-state index < -0.39 is 0 Å². The minimum atomic E-state index is 0.173. The summed E-state index contributed by atoms with van der Waals surface area (Å²) in [6.07, 6.45) is 3.93. The van der Waals surface area contributed by atoms with Gasteiger partial charge in [-0.1, -0.05) is 35.9 Å². The average Bonchev–Trinajstić information content (AvgIpc) is 3.15. The summed E-state index contributed by atoms with van der Waals surface area (Å²) >= 11 is 0. The number of carbonyl (C=O) groups excluding carboxylic acids is 1. The normalized spacial score (nSPS) is 14.9. The Morgan fingerprint density at radius 1 is 1.07 bits per heavy atom. The van der Waals surface area contributed by atoms with Crippen molar-refractivity contribution in [3.05, 3.63) is 87.7 Å². The fraction of sp³-hybridized carbons (Fsp3) is 0.250. The second kappa shape index (κ2) is 7.37. The van der Waals surface area contributed by atoms with Gasteiger partial charge in [0.25, 0.3) is 0 Å². The lowest BCUT2D eigenvalue weighted by Crippen LogP contribution is -2.35. The quantitative estimate of drug-likeness (QED) is 0.677. The van der Waals surface area contributed by atoms with E-state index in [4.69, 9.17) is 9.73 Å². The Hall–Kier alpha value is -3.54. The first-order valence-corrected chi connectivity index (χ1v) is 10.00. The molecule has 150 valence electrons. The van der Waals surface area contributed by atoms with Gasteiger partial charge in [-0.25, -0.2) is 9.97 Å². The predicted molar refractivity (Wildman–Crippen MR) is 114 cm³/mol. The number of aryl methyl sites for hydroxylation is 1. The molecule has 1 amide bonds. The molecule has 3 aromatic rings. The number of aliphatic imine (C=N–C) groups is 1. The Kier molecular flexibility index (Phi) is 4.54. The molecule has 0 aliphatic carbocycles. The molecule has 0 bridgehead atoms. The molecular formula is C24H22N4O2. The molecule has 6 heteroatoms. The molecule has 0 spiro atoms. The average molecular weight is 398 g/mol. The van der Waals surface area contributed by atoms with E-state index in [-0.39, 0.29) is 5.91 Å². The maximum absolute atomic E-state index is 12.8. The molecule has 0 atom stereocenters. The van der Waals surface area contributed by atoms with Crippen LogP contribution in [0.5, 0.6) is 6.01 Å². The summed E-state index contributed by atoms with van der Waals surface area (Å²) in [6, 6.07) is 13.0. The number of hydrogen-bond acceptors (Lipinski definition) is 5. The number of fused-ring (bicyclic) bond motifs is 2. The third kappa shape index (κ3) is 3.34. The van der Waals surface area contributed by atoms with E-state index in [1.807, 2.05) is 11.0 Å². The van der Waals surface area contributed by atoms with Crippen molar-refractivity contribution in [3.63, 3.8) is 0 Å². The number of benzene rings is 2. The van der Waals surface area contributed by atoms with Gasteiger partial charge in [-0.15, -0.1) is 0 Å². The minimum absolute atomic E-state index is 0.173. The highest BCUT2D eigenvalue weighted by Crippen LogP contribution is 2.30. The number of methoxy groups -OCH3 is 1. The van der Waals surface area contributed by atoms with Crippen molar-refractivity contribution in [2.45, 2.75) is 33.0 Å². The summed E-state index contributed by atoms with van der Waals surface area (Å²) in [5, 5.41) is 0. The van der Waals surface area contributed by atoms with Gasteiger partial charge in [0.05, 0.1) is 25.8 Å². The summed E-state index contributed by atoms with van der Waals surface area (Å²) < 4.78 is 5.05. The maximum atomic E-state index is 12.8. The topological polar surface area (TPSA) is 67.7 Å². The van der Waals surface area contributed by atoms with Crippen molar-refractivity contribution in [2.24, 2.45) is 4.99 Å². The molecule has 3 heterocycles. The Labute approximate surface area is 175 Å². The van der Waals surface area contributed by atoms with E-state index in [2.05, 4.69) is 47.2 Å². The van der Waals surface area contributed by atoms with Crippen LogP contribution in [0.4, 0.5) is 0 Å². The van der Waals surface area contributed by atoms with E-state index >= 15 is 0 Å². The van der Waals surface area contributed by atoms with Gasteiger partial charge in [0.1, 0.15) is 0 Å². The smallest absolute Gasteiger partial charge is 0.316 e. The third-order valence-electron chi connectivity index (χ3n) is 5.68. The molecule has 0 saturated carbocycles. The molecule has 2 aromatic carbocycles. The highest BCUT2D eigenvalue weighted by atomic mass is 16.5. The molecule has 0 fully saturated rings. The van der Waals surface area contributed by atoms with Crippen LogP contribution in [0.25, 0.3) is 0 Å². The fourth-order valence-corrected chi connectivity index (χ4v) is 4.19. The summed E-state index contributed by atoms with van der Waals surface area (Å²) in [6.45, 7) is 3.93. The van der Waals surface area contributed by atoms with Crippen LogP contribution < -0.4 is 4.74 Å². The molecule has 5 rings (SSSR count). The van der Waals surface area contributed by atoms with Crippen LogP contribution in [-0.2, 0) is 30.8 Å². The summed E-state index contributed by atoms with van der Waals surface area (Å²) in [5.74, 6) is 0.173. The Morgan fingerprint density at radius 3 is 2.67 bits per heavy atom. The lowest BCUT2D eigenvalue weighted by Gasteiger charge is -2.29. The molecular weight excluding hydrogens is 376 g/mol. The highest BCUT2D eigenvalue weighted by molar-refractivity contribution is 6.15. The van der Waals surface area contributed by atoms with E-state index in [1.165, 1.54) is 11.1 Å². The lowest BCUT2D eigenvalue weighted by molar-refractivity contribution is -0.132.